The van der Waals surface area contributed by atoms with Crippen LogP contribution in [0.5, 0.6) is 17.2 Å². The fraction of sp³-hybridized carbons (Fsp3) is 0.571. The van der Waals surface area contributed by atoms with Gasteiger partial charge in [0.15, 0.2) is 11.5 Å². The Morgan fingerprint density at radius 3 is 2.73 bits per heavy atom. The van der Waals surface area contributed by atoms with Crippen molar-refractivity contribution in [1.29, 1.82) is 0 Å². The summed E-state index contributed by atoms with van der Waals surface area (Å²) in [5, 5.41) is 14.7. The maximum Gasteiger partial charge on any atom is 0.329 e. The Labute approximate surface area is 308 Å². The van der Waals surface area contributed by atoms with Crippen LogP contribution in [0, 0.1) is 11.8 Å². The summed E-state index contributed by atoms with van der Waals surface area (Å²) in [4.78, 5) is 19.9. The standard InChI is InChI=1S/C42H54ClN3O5/c1-27(26-50-36-11-18-44-35-10-5-7-28(2)39(35)36)21-30-22-29-23-37-38(51-33(13-20-49-37)12-19-46(3)4)25-34(29)41(30)14-16-42(17-15-41,40(47)48)45-32-9-6-8-31(43)24-32/h6,8-9,11,18,23-25,27-28,30,33,45H,5,7,10,12-17,19-22,26H2,1-4H3,(H,47,48)/t27-,28-,30?,33?,41?,42?/m1/s1. The quantitative estimate of drug-likeness (QED) is 0.204. The molecule has 0 amide bonds. The van der Waals surface area contributed by atoms with E-state index >= 15 is 0 Å². The first-order chi connectivity index (χ1) is 24.5. The number of anilines is 1. The minimum Gasteiger partial charge on any atom is -0.493 e. The highest BCUT2D eigenvalue weighted by molar-refractivity contribution is 6.30. The molecule has 2 heterocycles. The Hall–Kier alpha value is -3.49. The highest BCUT2D eigenvalue weighted by Gasteiger charge is 2.54. The van der Waals surface area contributed by atoms with Gasteiger partial charge in [0.05, 0.1) is 13.2 Å². The van der Waals surface area contributed by atoms with E-state index in [0.29, 0.717) is 48.8 Å². The molecule has 1 fully saturated rings. The monoisotopic (exact) mass is 715 g/mol. The van der Waals surface area contributed by atoms with E-state index in [0.717, 1.165) is 74.4 Å². The number of carbonyl (C=O) groups is 1. The molecule has 8 nitrogen and oxygen atoms in total. The van der Waals surface area contributed by atoms with Gasteiger partial charge in [-0.1, -0.05) is 31.5 Å². The number of aromatic nitrogens is 1. The smallest absolute Gasteiger partial charge is 0.329 e. The Bertz CT molecular complexity index is 1720. The van der Waals surface area contributed by atoms with Gasteiger partial charge in [-0.2, -0.15) is 0 Å². The molecule has 0 bridgehead atoms. The Morgan fingerprint density at radius 1 is 1.14 bits per heavy atom. The normalized spacial score (nSPS) is 27.4. The van der Waals surface area contributed by atoms with Crippen LogP contribution in [0.3, 0.4) is 0 Å². The second-order valence-electron chi connectivity index (χ2n) is 16.1. The number of nitrogens with one attached hydrogen (secondary N) is 1. The number of carboxylic acid groups (broad SMARTS) is 1. The third kappa shape index (κ3) is 7.41. The zero-order valence-corrected chi connectivity index (χ0v) is 31.4. The number of ether oxygens (including phenoxy) is 3. The zero-order chi connectivity index (χ0) is 35.8. The van der Waals surface area contributed by atoms with E-state index in [4.69, 9.17) is 25.8 Å². The molecule has 2 N–H and O–H groups in total. The Morgan fingerprint density at radius 2 is 1.96 bits per heavy atom. The van der Waals surface area contributed by atoms with Gasteiger partial charge >= 0.3 is 5.97 Å². The topological polar surface area (TPSA) is 93.2 Å². The van der Waals surface area contributed by atoms with E-state index in [2.05, 4.69) is 55.3 Å². The van der Waals surface area contributed by atoms with E-state index in [1.807, 2.05) is 36.5 Å². The first-order valence-corrected chi connectivity index (χ1v) is 19.4. The maximum absolute atomic E-state index is 13.0. The van der Waals surface area contributed by atoms with Crippen molar-refractivity contribution in [2.24, 2.45) is 11.8 Å². The molecule has 274 valence electrons. The van der Waals surface area contributed by atoms with E-state index < -0.39 is 11.5 Å². The van der Waals surface area contributed by atoms with Gasteiger partial charge in [0.2, 0.25) is 0 Å². The molecular formula is C42H54ClN3O5. The van der Waals surface area contributed by atoms with Crippen molar-refractivity contribution in [2.75, 3.05) is 39.2 Å². The second kappa shape index (κ2) is 14.9. The summed E-state index contributed by atoms with van der Waals surface area (Å²) in [5.41, 5.74) is 4.59. The fourth-order valence-corrected chi connectivity index (χ4v) is 9.65. The van der Waals surface area contributed by atoms with E-state index in [1.165, 1.54) is 35.2 Å². The lowest BCUT2D eigenvalue weighted by atomic mass is 9.59. The van der Waals surface area contributed by atoms with Crippen LogP contribution in [-0.2, 0) is 23.1 Å². The molecule has 7 rings (SSSR count). The lowest BCUT2D eigenvalue weighted by Gasteiger charge is -2.47. The maximum atomic E-state index is 13.0. The van der Waals surface area contributed by atoms with Gasteiger partial charge in [-0.25, -0.2) is 4.79 Å². The van der Waals surface area contributed by atoms with Crippen molar-refractivity contribution in [1.82, 2.24) is 9.88 Å². The molecule has 0 radical (unpaired) electrons. The molecule has 1 aromatic heterocycles. The highest BCUT2D eigenvalue weighted by atomic mass is 35.5. The number of nitrogens with zero attached hydrogens (tertiary/aromatic N) is 2. The molecule has 2 aromatic carbocycles. The molecule has 4 aliphatic rings. The number of carboxylic acids is 1. The van der Waals surface area contributed by atoms with Crippen LogP contribution in [0.15, 0.2) is 48.7 Å². The van der Waals surface area contributed by atoms with Crippen LogP contribution in [-0.4, -0.2) is 66.5 Å². The summed E-state index contributed by atoms with van der Waals surface area (Å²) in [6.45, 7) is 6.82. The molecule has 1 aliphatic heterocycles. The van der Waals surface area contributed by atoms with Crippen LogP contribution >= 0.6 is 11.6 Å². The Kier molecular flexibility index (Phi) is 10.5. The predicted molar refractivity (Wildman–Crippen MR) is 202 cm³/mol. The molecule has 9 heteroatoms. The fourth-order valence-electron chi connectivity index (χ4n) is 9.46. The van der Waals surface area contributed by atoms with Crippen molar-refractivity contribution in [3.63, 3.8) is 0 Å². The van der Waals surface area contributed by atoms with E-state index in [-0.39, 0.29) is 11.5 Å². The van der Waals surface area contributed by atoms with Crippen LogP contribution in [0.25, 0.3) is 0 Å². The highest BCUT2D eigenvalue weighted by Crippen LogP contribution is 2.58. The van der Waals surface area contributed by atoms with Gasteiger partial charge in [-0.15, -0.1) is 0 Å². The molecule has 51 heavy (non-hydrogen) atoms. The third-order valence-corrected chi connectivity index (χ3v) is 12.5. The molecule has 0 saturated heterocycles. The minimum absolute atomic E-state index is 0.0894. The summed E-state index contributed by atoms with van der Waals surface area (Å²) in [6.07, 6.45) is 11.6. The number of benzene rings is 2. The summed E-state index contributed by atoms with van der Waals surface area (Å²) in [5.74, 6) is 2.94. The van der Waals surface area contributed by atoms with Gasteiger partial charge < -0.3 is 29.5 Å². The second-order valence-corrected chi connectivity index (χ2v) is 16.6. The SMILES string of the molecule is C[C@@H](COc1ccnc2c1[C@H](C)CCC2)CC1Cc2cc3c(cc2C12CCC(Nc1cccc(Cl)c1)(C(=O)O)CC2)OC(CCN(C)C)CCO3. The van der Waals surface area contributed by atoms with Crippen LogP contribution in [0.2, 0.25) is 5.02 Å². The number of hydrogen-bond acceptors (Lipinski definition) is 7. The summed E-state index contributed by atoms with van der Waals surface area (Å²) >= 11 is 6.31. The Balaban J connectivity index is 1.16. The number of halogens is 1. The molecule has 2 unspecified atom stereocenters. The average Bonchev–Trinajstić information content (AvgIpc) is 3.23. The lowest BCUT2D eigenvalue weighted by molar-refractivity contribution is -0.144. The molecule has 4 atom stereocenters. The van der Waals surface area contributed by atoms with Crippen LogP contribution in [0.1, 0.15) is 99.9 Å². The number of fused-ring (bicyclic) bond motifs is 4. The summed E-state index contributed by atoms with van der Waals surface area (Å²) in [7, 11) is 4.19. The summed E-state index contributed by atoms with van der Waals surface area (Å²) < 4.78 is 19.6. The summed E-state index contributed by atoms with van der Waals surface area (Å²) in [6, 6.07) is 13.9. The number of aryl methyl sites for hydroxylation is 1. The van der Waals surface area contributed by atoms with Crippen molar-refractivity contribution in [2.45, 2.75) is 107 Å². The predicted octanol–water partition coefficient (Wildman–Crippen LogP) is 8.68. The lowest BCUT2D eigenvalue weighted by Crippen LogP contribution is -2.53. The molecular weight excluding hydrogens is 662 g/mol. The zero-order valence-electron chi connectivity index (χ0n) is 30.7. The van der Waals surface area contributed by atoms with Gasteiger partial charge in [0, 0.05) is 41.1 Å². The average molecular weight is 716 g/mol. The molecule has 1 saturated carbocycles. The van der Waals surface area contributed by atoms with Gasteiger partial charge in [-0.3, -0.25) is 4.98 Å². The number of pyridine rings is 1. The molecule has 3 aliphatic carbocycles. The number of aliphatic carboxylic acids is 1. The molecule has 1 spiro atoms. The number of hydrogen-bond donors (Lipinski definition) is 2. The minimum atomic E-state index is -1.07. The third-order valence-electron chi connectivity index (χ3n) is 12.2. The van der Waals surface area contributed by atoms with Crippen molar-refractivity contribution in [3.8, 4) is 17.2 Å². The molecule has 3 aromatic rings. The first-order valence-electron chi connectivity index (χ1n) is 19.0. The van der Waals surface area contributed by atoms with Gasteiger partial charge in [0.1, 0.15) is 17.4 Å². The largest absolute Gasteiger partial charge is 0.493 e. The van der Waals surface area contributed by atoms with Gasteiger partial charge in [-0.05, 0) is 149 Å². The van der Waals surface area contributed by atoms with E-state index in [9.17, 15) is 9.90 Å². The van der Waals surface area contributed by atoms with Crippen LogP contribution in [0.4, 0.5) is 5.69 Å². The number of rotatable bonds is 11. The van der Waals surface area contributed by atoms with Crippen molar-refractivity contribution in [3.05, 3.63) is 76.1 Å². The van der Waals surface area contributed by atoms with Crippen molar-refractivity contribution >= 4 is 23.3 Å². The van der Waals surface area contributed by atoms with Crippen molar-refractivity contribution < 1.29 is 24.1 Å². The van der Waals surface area contributed by atoms with E-state index in [1.54, 1.807) is 0 Å². The van der Waals surface area contributed by atoms with Gasteiger partial charge in [0.25, 0.3) is 0 Å². The first kappa shape index (κ1) is 35.9. The van der Waals surface area contributed by atoms with Crippen LogP contribution < -0.4 is 19.5 Å².